The Bertz CT molecular complexity index is 282. The number of hydrogen-bond donors (Lipinski definition) is 1. The molecule has 0 saturated heterocycles. The van der Waals surface area contributed by atoms with Gasteiger partial charge in [0.15, 0.2) is 0 Å². The number of ether oxygens (including phenoxy) is 1. The number of hydrogen-bond acceptors (Lipinski definition) is 3. The smallest absolute Gasteiger partial charge is 0.333 e. The molecule has 3 nitrogen and oxygen atoms in total. The predicted octanol–water partition coefficient (Wildman–Crippen LogP) is 1.27. The molecule has 78 valence electrons. The van der Waals surface area contributed by atoms with Gasteiger partial charge in [-0.25, -0.2) is 4.79 Å². The molecule has 0 heterocycles. The average Bonchev–Trinajstić information content (AvgIpc) is 2.74. The standard InChI is InChI=1S/C11H16O3/c1-14-10(13)9-6-8-2-3-11(9,7-8)4-5-12/h6,8,12H,2-5,7H2,1H3. The Morgan fingerprint density at radius 3 is 3.14 bits per heavy atom. The van der Waals surface area contributed by atoms with E-state index in [1.54, 1.807) is 0 Å². The molecule has 0 radical (unpaired) electrons. The lowest BCUT2D eigenvalue weighted by molar-refractivity contribution is -0.137. The van der Waals surface area contributed by atoms with Crippen LogP contribution in [0, 0.1) is 11.3 Å². The largest absolute Gasteiger partial charge is 0.466 e. The molecule has 2 aliphatic carbocycles. The van der Waals surface area contributed by atoms with Crippen LogP contribution in [0.1, 0.15) is 25.7 Å². The van der Waals surface area contributed by atoms with Crippen molar-refractivity contribution in [3.63, 3.8) is 0 Å². The molecule has 0 aromatic heterocycles. The Kier molecular flexibility index (Phi) is 2.35. The lowest BCUT2D eigenvalue weighted by Gasteiger charge is -2.27. The first-order valence-electron chi connectivity index (χ1n) is 5.13. The molecule has 0 amide bonds. The van der Waals surface area contributed by atoms with Crippen molar-refractivity contribution < 1.29 is 14.6 Å². The molecule has 0 aromatic rings. The summed E-state index contributed by atoms with van der Waals surface area (Å²) in [6.07, 6.45) is 5.95. The molecule has 2 unspecified atom stereocenters. The molecule has 0 aromatic carbocycles. The van der Waals surface area contributed by atoms with Crippen molar-refractivity contribution in [2.24, 2.45) is 11.3 Å². The van der Waals surface area contributed by atoms with E-state index < -0.39 is 0 Å². The summed E-state index contributed by atoms with van der Waals surface area (Å²) in [5, 5.41) is 9.03. The van der Waals surface area contributed by atoms with Gasteiger partial charge in [0.25, 0.3) is 0 Å². The van der Waals surface area contributed by atoms with Gasteiger partial charge in [-0.15, -0.1) is 0 Å². The maximum atomic E-state index is 11.5. The molecular formula is C11H16O3. The summed E-state index contributed by atoms with van der Waals surface area (Å²) in [5.41, 5.74) is 0.747. The first kappa shape index (κ1) is 9.71. The summed E-state index contributed by atoms with van der Waals surface area (Å²) < 4.78 is 4.77. The maximum absolute atomic E-state index is 11.5. The minimum Gasteiger partial charge on any atom is -0.466 e. The Morgan fingerprint density at radius 2 is 2.57 bits per heavy atom. The highest BCUT2D eigenvalue weighted by Gasteiger charge is 2.48. The lowest BCUT2D eigenvalue weighted by Crippen LogP contribution is -2.25. The number of carbonyl (C=O) groups is 1. The van der Waals surface area contributed by atoms with Gasteiger partial charge in [0.1, 0.15) is 0 Å². The first-order valence-corrected chi connectivity index (χ1v) is 5.13. The highest BCUT2D eigenvalue weighted by molar-refractivity contribution is 5.91. The second-order valence-electron chi connectivity index (χ2n) is 4.33. The fourth-order valence-corrected chi connectivity index (χ4v) is 2.94. The molecule has 1 fully saturated rings. The van der Waals surface area contributed by atoms with E-state index in [1.165, 1.54) is 7.11 Å². The van der Waals surface area contributed by atoms with Crippen LogP contribution in [-0.2, 0) is 9.53 Å². The van der Waals surface area contributed by atoms with Crippen LogP contribution in [-0.4, -0.2) is 24.8 Å². The van der Waals surface area contributed by atoms with Crippen LogP contribution in [0.3, 0.4) is 0 Å². The van der Waals surface area contributed by atoms with Gasteiger partial charge in [-0.2, -0.15) is 0 Å². The fraction of sp³-hybridized carbons (Fsp3) is 0.727. The van der Waals surface area contributed by atoms with Gasteiger partial charge >= 0.3 is 5.97 Å². The Balaban J connectivity index is 2.23. The summed E-state index contributed by atoms with van der Waals surface area (Å²) in [6.45, 7) is 0.154. The van der Waals surface area contributed by atoms with E-state index in [1.807, 2.05) is 6.08 Å². The van der Waals surface area contributed by atoms with Gasteiger partial charge < -0.3 is 9.84 Å². The van der Waals surface area contributed by atoms with Crippen molar-refractivity contribution in [1.82, 2.24) is 0 Å². The van der Waals surface area contributed by atoms with E-state index in [9.17, 15) is 4.79 Å². The quantitative estimate of drug-likeness (QED) is 0.691. The second-order valence-corrected chi connectivity index (χ2v) is 4.33. The number of aliphatic hydroxyl groups is 1. The minimum atomic E-state index is -0.208. The maximum Gasteiger partial charge on any atom is 0.333 e. The summed E-state index contributed by atoms with van der Waals surface area (Å²) >= 11 is 0. The predicted molar refractivity (Wildman–Crippen MR) is 51.6 cm³/mol. The number of carbonyl (C=O) groups excluding carboxylic acids is 1. The molecule has 0 spiro atoms. The van der Waals surface area contributed by atoms with Crippen molar-refractivity contribution in [2.45, 2.75) is 25.7 Å². The van der Waals surface area contributed by atoms with Gasteiger partial charge in [-0.05, 0) is 31.6 Å². The summed E-state index contributed by atoms with van der Waals surface area (Å²) in [5.74, 6) is 0.330. The summed E-state index contributed by atoms with van der Waals surface area (Å²) in [7, 11) is 1.42. The lowest BCUT2D eigenvalue weighted by atomic mass is 9.77. The van der Waals surface area contributed by atoms with Crippen LogP contribution in [0.15, 0.2) is 11.6 Å². The summed E-state index contributed by atoms with van der Waals surface area (Å²) in [6, 6.07) is 0. The average molecular weight is 196 g/mol. The highest BCUT2D eigenvalue weighted by atomic mass is 16.5. The first-order chi connectivity index (χ1) is 6.72. The number of methoxy groups -OCH3 is 1. The molecule has 2 aliphatic rings. The molecule has 3 heteroatoms. The van der Waals surface area contributed by atoms with Crippen LogP contribution < -0.4 is 0 Å². The second kappa shape index (κ2) is 3.39. The molecule has 0 aliphatic heterocycles. The third kappa shape index (κ3) is 1.27. The SMILES string of the molecule is COC(=O)C1=CC2CCC1(CCO)C2. The number of rotatable bonds is 3. The van der Waals surface area contributed by atoms with E-state index in [0.29, 0.717) is 12.3 Å². The van der Waals surface area contributed by atoms with Crippen LogP contribution in [0.25, 0.3) is 0 Å². The normalized spacial score (nSPS) is 34.4. The highest BCUT2D eigenvalue weighted by Crippen LogP contribution is 2.55. The topological polar surface area (TPSA) is 46.5 Å². The Morgan fingerprint density at radius 1 is 1.79 bits per heavy atom. The van der Waals surface area contributed by atoms with Crippen LogP contribution in [0.2, 0.25) is 0 Å². The van der Waals surface area contributed by atoms with Crippen LogP contribution in [0.5, 0.6) is 0 Å². The number of fused-ring (bicyclic) bond motifs is 2. The van der Waals surface area contributed by atoms with Gasteiger partial charge in [0, 0.05) is 17.6 Å². The van der Waals surface area contributed by atoms with Gasteiger partial charge in [-0.3, -0.25) is 0 Å². The van der Waals surface area contributed by atoms with Crippen LogP contribution in [0.4, 0.5) is 0 Å². The van der Waals surface area contributed by atoms with Crippen LogP contribution >= 0.6 is 0 Å². The fourth-order valence-electron chi connectivity index (χ4n) is 2.94. The Hall–Kier alpha value is -0.830. The van der Waals surface area contributed by atoms with Crippen molar-refractivity contribution in [3.8, 4) is 0 Å². The van der Waals surface area contributed by atoms with E-state index in [0.717, 1.165) is 24.8 Å². The zero-order chi connectivity index (χ0) is 10.2. The molecule has 2 atom stereocenters. The van der Waals surface area contributed by atoms with Gasteiger partial charge in [0.05, 0.1) is 7.11 Å². The zero-order valence-corrected chi connectivity index (χ0v) is 8.45. The third-order valence-electron chi connectivity index (χ3n) is 3.62. The van der Waals surface area contributed by atoms with Crippen molar-refractivity contribution in [3.05, 3.63) is 11.6 Å². The molecular weight excluding hydrogens is 180 g/mol. The third-order valence-corrected chi connectivity index (χ3v) is 3.62. The van der Waals surface area contributed by atoms with E-state index in [-0.39, 0.29) is 18.0 Å². The van der Waals surface area contributed by atoms with Crippen molar-refractivity contribution in [1.29, 1.82) is 0 Å². The van der Waals surface area contributed by atoms with Gasteiger partial charge in [0.2, 0.25) is 0 Å². The molecule has 14 heavy (non-hydrogen) atoms. The number of esters is 1. The zero-order valence-electron chi connectivity index (χ0n) is 8.45. The van der Waals surface area contributed by atoms with Gasteiger partial charge in [-0.1, -0.05) is 6.08 Å². The molecule has 1 N–H and O–H groups in total. The van der Waals surface area contributed by atoms with E-state index in [4.69, 9.17) is 9.84 Å². The minimum absolute atomic E-state index is 0.0630. The van der Waals surface area contributed by atoms with E-state index >= 15 is 0 Å². The molecule has 2 rings (SSSR count). The Labute approximate surface area is 83.8 Å². The van der Waals surface area contributed by atoms with Crippen molar-refractivity contribution in [2.75, 3.05) is 13.7 Å². The number of allylic oxidation sites excluding steroid dienone is 1. The summed E-state index contributed by atoms with van der Waals surface area (Å²) in [4.78, 5) is 11.5. The monoisotopic (exact) mass is 196 g/mol. The van der Waals surface area contributed by atoms with E-state index in [2.05, 4.69) is 0 Å². The molecule has 1 saturated carbocycles. The molecule has 2 bridgehead atoms. The van der Waals surface area contributed by atoms with Crippen molar-refractivity contribution >= 4 is 5.97 Å². The number of aliphatic hydroxyl groups excluding tert-OH is 1.